The first-order chi connectivity index (χ1) is 12.7. The normalized spacial score (nSPS) is 22.9. The molecule has 0 aliphatic carbocycles. The van der Waals surface area contributed by atoms with Crippen molar-refractivity contribution in [2.24, 2.45) is 0 Å². The molecule has 4 heterocycles. The molecule has 1 atom stereocenters. The van der Waals surface area contributed by atoms with Crippen molar-refractivity contribution in [3.8, 4) is 0 Å². The van der Waals surface area contributed by atoms with Crippen LogP contribution in [0.25, 0.3) is 0 Å². The lowest BCUT2D eigenvalue weighted by molar-refractivity contribution is -0.0454. The summed E-state index contributed by atoms with van der Waals surface area (Å²) in [5, 5.41) is 0. The van der Waals surface area contributed by atoms with Gasteiger partial charge in [0.25, 0.3) is 0 Å². The van der Waals surface area contributed by atoms with Crippen LogP contribution in [0.1, 0.15) is 30.7 Å². The standard InChI is InChI=1S/C21H28N4O/c1-24(15-18-6-2-4-10-22-18)20-14-21(26-17-20)8-12-25(13-9-21)16-19-7-3-5-11-23-19/h2-7,10-11,20H,8-9,12-17H2,1H3. The molecule has 0 radical (unpaired) electrons. The van der Waals surface area contributed by atoms with Gasteiger partial charge < -0.3 is 4.74 Å². The number of pyridine rings is 2. The minimum atomic E-state index is 0.0731. The number of likely N-dealkylation sites (N-methyl/N-ethyl adjacent to an activating group) is 1. The fourth-order valence-electron chi connectivity index (χ4n) is 4.17. The average Bonchev–Trinajstić information content (AvgIpc) is 3.10. The molecule has 138 valence electrons. The lowest BCUT2D eigenvalue weighted by Crippen LogP contribution is -2.44. The molecule has 0 amide bonds. The van der Waals surface area contributed by atoms with E-state index in [2.05, 4.69) is 51.1 Å². The summed E-state index contributed by atoms with van der Waals surface area (Å²) in [5.41, 5.74) is 2.36. The third-order valence-electron chi connectivity index (χ3n) is 5.83. The minimum Gasteiger partial charge on any atom is -0.373 e. The van der Waals surface area contributed by atoms with Crippen LogP contribution in [0, 0.1) is 0 Å². The van der Waals surface area contributed by atoms with Crippen LogP contribution in [-0.2, 0) is 17.8 Å². The van der Waals surface area contributed by atoms with E-state index >= 15 is 0 Å². The molecule has 2 aliphatic rings. The van der Waals surface area contributed by atoms with Gasteiger partial charge in [0, 0.05) is 44.6 Å². The Morgan fingerprint density at radius 1 is 1.08 bits per heavy atom. The monoisotopic (exact) mass is 352 g/mol. The number of rotatable bonds is 5. The topological polar surface area (TPSA) is 41.5 Å². The smallest absolute Gasteiger partial charge is 0.0723 e. The van der Waals surface area contributed by atoms with Gasteiger partial charge in [0.2, 0.25) is 0 Å². The first-order valence-electron chi connectivity index (χ1n) is 9.59. The minimum absolute atomic E-state index is 0.0731. The second-order valence-electron chi connectivity index (χ2n) is 7.69. The molecule has 5 nitrogen and oxygen atoms in total. The van der Waals surface area contributed by atoms with Gasteiger partial charge in [-0.25, -0.2) is 0 Å². The van der Waals surface area contributed by atoms with E-state index in [0.717, 1.165) is 63.4 Å². The number of piperidine rings is 1. The second-order valence-corrected chi connectivity index (χ2v) is 7.69. The first-order valence-corrected chi connectivity index (χ1v) is 9.59. The fraction of sp³-hybridized carbons (Fsp3) is 0.524. The molecular formula is C21H28N4O. The molecule has 2 fully saturated rings. The predicted octanol–water partition coefficient (Wildman–Crippen LogP) is 2.73. The van der Waals surface area contributed by atoms with Crippen LogP contribution >= 0.6 is 0 Å². The summed E-state index contributed by atoms with van der Waals surface area (Å²) in [6.07, 6.45) is 7.12. The van der Waals surface area contributed by atoms with E-state index in [9.17, 15) is 0 Å². The van der Waals surface area contributed by atoms with Gasteiger partial charge in [0.05, 0.1) is 23.6 Å². The van der Waals surface area contributed by atoms with Crippen molar-refractivity contribution >= 4 is 0 Å². The van der Waals surface area contributed by atoms with Crippen LogP contribution in [0.2, 0.25) is 0 Å². The number of hydrogen-bond donors (Lipinski definition) is 0. The molecule has 0 saturated carbocycles. The maximum atomic E-state index is 6.35. The summed E-state index contributed by atoms with van der Waals surface area (Å²) < 4.78 is 6.35. The van der Waals surface area contributed by atoms with Gasteiger partial charge in [-0.3, -0.25) is 19.8 Å². The molecule has 2 aliphatic heterocycles. The summed E-state index contributed by atoms with van der Waals surface area (Å²) in [5.74, 6) is 0. The molecule has 0 N–H and O–H groups in total. The maximum absolute atomic E-state index is 6.35. The van der Waals surface area contributed by atoms with E-state index < -0.39 is 0 Å². The Morgan fingerprint density at radius 2 is 1.77 bits per heavy atom. The molecule has 0 aromatic carbocycles. The van der Waals surface area contributed by atoms with Crippen LogP contribution in [0.15, 0.2) is 48.8 Å². The van der Waals surface area contributed by atoms with Crippen LogP contribution < -0.4 is 0 Å². The van der Waals surface area contributed by atoms with Gasteiger partial charge >= 0.3 is 0 Å². The quantitative estimate of drug-likeness (QED) is 0.828. The van der Waals surface area contributed by atoms with Gasteiger partial charge in [-0.2, -0.15) is 0 Å². The van der Waals surface area contributed by atoms with E-state index in [0.29, 0.717) is 6.04 Å². The van der Waals surface area contributed by atoms with Crippen LogP contribution in [-0.4, -0.2) is 58.2 Å². The highest BCUT2D eigenvalue weighted by atomic mass is 16.5. The van der Waals surface area contributed by atoms with Gasteiger partial charge in [-0.15, -0.1) is 0 Å². The van der Waals surface area contributed by atoms with Gasteiger partial charge in [0.15, 0.2) is 0 Å². The van der Waals surface area contributed by atoms with E-state index in [1.807, 2.05) is 24.5 Å². The summed E-state index contributed by atoms with van der Waals surface area (Å²) in [6, 6.07) is 12.8. The first kappa shape index (κ1) is 17.6. The third-order valence-corrected chi connectivity index (χ3v) is 5.83. The van der Waals surface area contributed by atoms with E-state index in [4.69, 9.17) is 4.74 Å². The Labute approximate surface area is 156 Å². The number of hydrogen-bond acceptors (Lipinski definition) is 5. The number of aromatic nitrogens is 2. The fourth-order valence-corrected chi connectivity index (χ4v) is 4.17. The lowest BCUT2D eigenvalue weighted by atomic mass is 9.87. The third kappa shape index (κ3) is 4.11. The van der Waals surface area contributed by atoms with Gasteiger partial charge in [-0.1, -0.05) is 12.1 Å². The van der Waals surface area contributed by atoms with Crippen molar-refractivity contribution in [1.82, 2.24) is 19.8 Å². The molecular weight excluding hydrogens is 324 g/mol. The molecule has 1 spiro atoms. The predicted molar refractivity (Wildman–Crippen MR) is 102 cm³/mol. The van der Waals surface area contributed by atoms with Crippen molar-refractivity contribution in [3.05, 3.63) is 60.2 Å². The Morgan fingerprint density at radius 3 is 2.42 bits per heavy atom. The van der Waals surface area contributed by atoms with E-state index in [-0.39, 0.29) is 5.60 Å². The Bertz CT molecular complexity index is 686. The number of nitrogens with zero attached hydrogens (tertiary/aromatic N) is 4. The molecule has 2 saturated heterocycles. The SMILES string of the molecule is CN(Cc1ccccn1)C1COC2(CCN(Cc3ccccn3)CC2)C1. The van der Waals surface area contributed by atoms with Crippen LogP contribution in [0.4, 0.5) is 0 Å². The Hall–Kier alpha value is -1.82. The summed E-state index contributed by atoms with van der Waals surface area (Å²) in [7, 11) is 2.19. The highest BCUT2D eigenvalue weighted by molar-refractivity contribution is 5.06. The number of ether oxygens (including phenoxy) is 1. The summed E-state index contributed by atoms with van der Waals surface area (Å²) >= 11 is 0. The zero-order valence-corrected chi connectivity index (χ0v) is 15.6. The molecule has 5 heteroatoms. The molecule has 26 heavy (non-hydrogen) atoms. The number of likely N-dealkylation sites (tertiary alicyclic amines) is 1. The largest absolute Gasteiger partial charge is 0.373 e. The van der Waals surface area contributed by atoms with E-state index in [1.54, 1.807) is 0 Å². The van der Waals surface area contributed by atoms with Gasteiger partial charge in [-0.05, 0) is 50.6 Å². The lowest BCUT2D eigenvalue weighted by Gasteiger charge is -2.38. The molecule has 2 aromatic rings. The van der Waals surface area contributed by atoms with Crippen molar-refractivity contribution in [2.45, 2.75) is 44.0 Å². The Balaban J connectivity index is 1.28. The van der Waals surface area contributed by atoms with Crippen molar-refractivity contribution < 1.29 is 4.74 Å². The zero-order chi connectivity index (χ0) is 17.8. The van der Waals surface area contributed by atoms with Crippen molar-refractivity contribution in [3.63, 3.8) is 0 Å². The summed E-state index contributed by atoms with van der Waals surface area (Å²) in [4.78, 5) is 13.8. The van der Waals surface area contributed by atoms with Crippen LogP contribution in [0.5, 0.6) is 0 Å². The zero-order valence-electron chi connectivity index (χ0n) is 15.6. The van der Waals surface area contributed by atoms with Crippen molar-refractivity contribution in [2.75, 3.05) is 26.7 Å². The summed E-state index contributed by atoms with van der Waals surface area (Å²) in [6.45, 7) is 4.85. The average molecular weight is 352 g/mol. The van der Waals surface area contributed by atoms with Crippen LogP contribution in [0.3, 0.4) is 0 Å². The molecule has 4 rings (SSSR count). The van der Waals surface area contributed by atoms with Crippen molar-refractivity contribution in [1.29, 1.82) is 0 Å². The maximum Gasteiger partial charge on any atom is 0.0723 e. The molecule has 0 bridgehead atoms. The highest BCUT2D eigenvalue weighted by Crippen LogP contribution is 2.37. The molecule has 2 aromatic heterocycles. The highest BCUT2D eigenvalue weighted by Gasteiger charge is 2.43. The Kier molecular flexibility index (Phi) is 5.29. The second kappa shape index (κ2) is 7.82. The molecule has 1 unspecified atom stereocenters. The van der Waals surface area contributed by atoms with E-state index in [1.165, 1.54) is 0 Å². The van der Waals surface area contributed by atoms with Gasteiger partial charge in [0.1, 0.15) is 0 Å².